The number of carbonyl (C=O) groups excluding carboxylic acids is 3. The van der Waals surface area contributed by atoms with Gasteiger partial charge in [0, 0.05) is 26.9 Å². The summed E-state index contributed by atoms with van der Waals surface area (Å²) in [5, 5.41) is 7.35. The summed E-state index contributed by atoms with van der Waals surface area (Å²) < 4.78 is 7.12. The Labute approximate surface area is 270 Å². The molecular weight excluding hydrogens is 595 g/mol. The number of fused-ring (bicyclic) bond motifs is 3. The van der Waals surface area contributed by atoms with Crippen LogP contribution in [-0.4, -0.2) is 34.6 Å². The zero-order valence-corrected chi connectivity index (χ0v) is 26.1. The normalized spacial score (nSPS) is 12.1. The number of hydrogen-bond acceptors (Lipinski definition) is 5. The first-order valence-electron chi connectivity index (χ1n) is 14.7. The van der Waals surface area contributed by atoms with Gasteiger partial charge in [-0.2, -0.15) is 0 Å². The van der Waals surface area contributed by atoms with Gasteiger partial charge < -0.3 is 15.4 Å². The maximum Gasteiger partial charge on any atom is 0.272 e. The fourth-order valence-corrected chi connectivity index (χ4v) is 6.16. The molecular formula is C38H31N3O4S. The van der Waals surface area contributed by atoms with Crippen molar-refractivity contribution < 1.29 is 19.1 Å². The Kier molecular flexibility index (Phi) is 8.98. The molecule has 5 aromatic carbocycles. The first-order valence-corrected chi connectivity index (χ1v) is 15.6. The van der Waals surface area contributed by atoms with Gasteiger partial charge in [-0.05, 0) is 79.2 Å². The second kappa shape index (κ2) is 13.6. The van der Waals surface area contributed by atoms with E-state index in [1.165, 1.54) is 11.8 Å². The van der Waals surface area contributed by atoms with Crippen LogP contribution in [0.25, 0.3) is 27.9 Å². The van der Waals surface area contributed by atoms with Crippen LogP contribution in [0.15, 0.2) is 138 Å². The highest BCUT2D eigenvalue weighted by molar-refractivity contribution is 8.00. The molecule has 0 fully saturated rings. The average Bonchev–Trinajstić information content (AvgIpc) is 3.43. The number of hydrogen-bond donors (Lipinski definition) is 2. The van der Waals surface area contributed by atoms with Crippen molar-refractivity contribution in [2.24, 2.45) is 0 Å². The summed E-state index contributed by atoms with van der Waals surface area (Å²) in [5.41, 5.74) is 3.50. The lowest BCUT2D eigenvalue weighted by molar-refractivity contribution is -0.113. The minimum Gasteiger partial charge on any atom is -0.497 e. The fourth-order valence-electron chi connectivity index (χ4n) is 5.25. The number of aromatic nitrogens is 1. The van der Waals surface area contributed by atoms with Crippen molar-refractivity contribution in [3.8, 4) is 5.75 Å². The summed E-state index contributed by atoms with van der Waals surface area (Å²) in [5.74, 6) is -0.274. The van der Waals surface area contributed by atoms with E-state index in [1.807, 2.05) is 85.8 Å². The molecule has 8 heteroatoms. The van der Waals surface area contributed by atoms with E-state index in [2.05, 4.69) is 10.6 Å². The summed E-state index contributed by atoms with van der Waals surface area (Å²) in [4.78, 5) is 41.0. The molecule has 1 unspecified atom stereocenters. The zero-order chi connectivity index (χ0) is 32.0. The third kappa shape index (κ3) is 6.57. The quantitative estimate of drug-likeness (QED) is 0.125. The van der Waals surface area contributed by atoms with Crippen molar-refractivity contribution in [3.63, 3.8) is 0 Å². The summed E-state index contributed by atoms with van der Waals surface area (Å²) in [6.07, 6.45) is 1.60. The van der Waals surface area contributed by atoms with Crippen LogP contribution in [0, 0.1) is 0 Å². The van der Waals surface area contributed by atoms with Gasteiger partial charge in [0.2, 0.25) is 5.91 Å². The van der Waals surface area contributed by atoms with Crippen LogP contribution >= 0.6 is 11.8 Å². The standard InChI is InChI=1S/C38H31N3O4S/c1-25(38(44)41-34-17-8-6-15-31(34)32-16-7-9-18-35(32)41)46-30-21-19-28(20-22-30)39-37(43)33(24-26-11-10-14-29(23-26)45-2)40-36(42)27-12-4-3-5-13-27/h3-25H,1-2H3,(H,39,43)(H,40,42)/b33-24-. The zero-order valence-electron chi connectivity index (χ0n) is 25.3. The number of nitrogens with zero attached hydrogens (tertiary/aromatic N) is 1. The predicted molar refractivity (Wildman–Crippen MR) is 185 cm³/mol. The van der Waals surface area contributed by atoms with Crippen LogP contribution < -0.4 is 15.4 Å². The maximum absolute atomic E-state index is 13.7. The van der Waals surface area contributed by atoms with Gasteiger partial charge in [0.05, 0.1) is 23.4 Å². The maximum atomic E-state index is 13.7. The molecule has 1 heterocycles. The number of ether oxygens (including phenoxy) is 1. The Bertz CT molecular complexity index is 2030. The molecule has 0 aliphatic carbocycles. The summed E-state index contributed by atoms with van der Waals surface area (Å²) in [7, 11) is 1.57. The van der Waals surface area contributed by atoms with Crippen LogP contribution in [0.1, 0.15) is 27.6 Å². The second-order valence-corrected chi connectivity index (χ2v) is 12.0. The highest BCUT2D eigenvalue weighted by Crippen LogP contribution is 2.32. The van der Waals surface area contributed by atoms with E-state index in [1.54, 1.807) is 66.3 Å². The van der Waals surface area contributed by atoms with E-state index in [0.29, 0.717) is 22.6 Å². The minimum absolute atomic E-state index is 0.0127. The van der Waals surface area contributed by atoms with Gasteiger partial charge in [0.15, 0.2) is 0 Å². The number of methoxy groups -OCH3 is 1. The number of carbonyl (C=O) groups is 3. The molecule has 0 saturated heterocycles. The van der Waals surface area contributed by atoms with Crippen molar-refractivity contribution in [2.45, 2.75) is 17.1 Å². The smallest absolute Gasteiger partial charge is 0.272 e. The Morgan fingerprint density at radius 3 is 2.04 bits per heavy atom. The molecule has 2 N–H and O–H groups in total. The lowest BCUT2D eigenvalue weighted by atomic mass is 10.1. The summed E-state index contributed by atoms with van der Waals surface area (Å²) in [6, 6.07) is 39.1. The number of rotatable bonds is 9. The van der Waals surface area contributed by atoms with Crippen LogP contribution in [-0.2, 0) is 4.79 Å². The lowest BCUT2D eigenvalue weighted by Gasteiger charge is -2.14. The van der Waals surface area contributed by atoms with Crippen LogP contribution in [0.3, 0.4) is 0 Å². The lowest BCUT2D eigenvalue weighted by Crippen LogP contribution is -2.30. The molecule has 0 bridgehead atoms. The Balaban J connectivity index is 1.18. The van der Waals surface area contributed by atoms with Crippen LogP contribution in [0.4, 0.5) is 5.69 Å². The summed E-state index contributed by atoms with van der Waals surface area (Å²) in [6.45, 7) is 1.90. The Hall–Kier alpha value is -5.60. The van der Waals surface area contributed by atoms with Crippen molar-refractivity contribution in [3.05, 3.63) is 144 Å². The number of para-hydroxylation sites is 2. The monoisotopic (exact) mass is 625 g/mol. The molecule has 0 radical (unpaired) electrons. The molecule has 6 rings (SSSR count). The number of thioether (sulfide) groups is 1. The van der Waals surface area contributed by atoms with Gasteiger partial charge in [-0.1, -0.05) is 66.7 Å². The molecule has 0 aliphatic rings. The fraction of sp³-hybridized carbons (Fsp3) is 0.0789. The van der Waals surface area contributed by atoms with E-state index < -0.39 is 11.8 Å². The highest BCUT2D eigenvalue weighted by atomic mass is 32.2. The van der Waals surface area contributed by atoms with Gasteiger partial charge in [-0.25, -0.2) is 0 Å². The van der Waals surface area contributed by atoms with Crippen LogP contribution in [0.2, 0.25) is 0 Å². The molecule has 228 valence electrons. The van der Waals surface area contributed by atoms with E-state index in [-0.39, 0.29) is 16.9 Å². The number of amides is 2. The Morgan fingerprint density at radius 2 is 1.39 bits per heavy atom. The van der Waals surface area contributed by atoms with E-state index in [4.69, 9.17) is 4.74 Å². The number of nitrogens with one attached hydrogen (secondary N) is 2. The molecule has 0 aliphatic heterocycles. The third-order valence-electron chi connectivity index (χ3n) is 7.51. The van der Waals surface area contributed by atoms with Crippen LogP contribution in [0.5, 0.6) is 5.75 Å². The Morgan fingerprint density at radius 1 is 0.761 bits per heavy atom. The summed E-state index contributed by atoms with van der Waals surface area (Å²) >= 11 is 1.45. The molecule has 1 aromatic heterocycles. The van der Waals surface area contributed by atoms with Gasteiger partial charge in [0.25, 0.3) is 11.8 Å². The molecule has 1 atom stereocenters. The van der Waals surface area contributed by atoms with Gasteiger partial charge in [0.1, 0.15) is 11.4 Å². The minimum atomic E-state index is -0.484. The van der Waals surface area contributed by atoms with Crippen molar-refractivity contribution in [2.75, 3.05) is 12.4 Å². The van der Waals surface area contributed by atoms with Gasteiger partial charge in [-0.3, -0.25) is 19.0 Å². The van der Waals surface area contributed by atoms with E-state index in [0.717, 1.165) is 26.7 Å². The topological polar surface area (TPSA) is 89.4 Å². The van der Waals surface area contributed by atoms with E-state index in [9.17, 15) is 14.4 Å². The third-order valence-corrected chi connectivity index (χ3v) is 8.61. The molecule has 7 nitrogen and oxygen atoms in total. The van der Waals surface area contributed by atoms with Gasteiger partial charge >= 0.3 is 0 Å². The molecule has 6 aromatic rings. The largest absolute Gasteiger partial charge is 0.497 e. The van der Waals surface area contributed by atoms with Crippen molar-refractivity contribution in [1.82, 2.24) is 9.88 Å². The van der Waals surface area contributed by atoms with E-state index >= 15 is 0 Å². The van der Waals surface area contributed by atoms with Crippen molar-refractivity contribution in [1.29, 1.82) is 0 Å². The molecule has 0 saturated carbocycles. The van der Waals surface area contributed by atoms with Gasteiger partial charge in [-0.15, -0.1) is 11.8 Å². The number of benzene rings is 5. The molecule has 0 spiro atoms. The molecule has 2 amide bonds. The average molecular weight is 626 g/mol. The predicted octanol–water partition coefficient (Wildman–Crippen LogP) is 8.03. The SMILES string of the molecule is COc1cccc(/C=C(\NC(=O)c2ccccc2)C(=O)Nc2ccc(SC(C)C(=O)n3c4ccccc4c4ccccc43)cc2)c1. The second-order valence-electron chi connectivity index (χ2n) is 10.6. The first-order chi connectivity index (χ1) is 22.4. The highest BCUT2D eigenvalue weighted by Gasteiger charge is 2.22. The first kappa shape index (κ1) is 30.4. The van der Waals surface area contributed by atoms with Crippen molar-refractivity contribution >= 4 is 63.1 Å². The molecule has 46 heavy (non-hydrogen) atoms. The number of anilines is 1.